The van der Waals surface area contributed by atoms with E-state index < -0.39 is 0 Å². The summed E-state index contributed by atoms with van der Waals surface area (Å²) in [6.07, 6.45) is 3.15. The number of nitrogens with zero attached hydrogens (tertiary/aromatic N) is 3. The highest BCUT2D eigenvalue weighted by Gasteiger charge is 2.15. The molecule has 0 saturated heterocycles. The van der Waals surface area contributed by atoms with E-state index in [1.54, 1.807) is 38.7 Å². The molecule has 0 fully saturated rings. The zero-order valence-electron chi connectivity index (χ0n) is 11.1. The average Bonchev–Trinajstić information content (AvgIpc) is 2.96. The van der Waals surface area contributed by atoms with Crippen LogP contribution in [0.15, 0.2) is 24.8 Å². The van der Waals surface area contributed by atoms with Crippen LogP contribution in [0.4, 0.5) is 0 Å². The van der Waals surface area contributed by atoms with E-state index in [4.69, 9.17) is 14.2 Å². The Morgan fingerprint density at radius 2 is 1.68 bits per heavy atom. The number of hydrogen-bond donors (Lipinski definition) is 1. The van der Waals surface area contributed by atoms with E-state index in [-0.39, 0.29) is 0 Å². The van der Waals surface area contributed by atoms with E-state index >= 15 is 0 Å². The largest absolute Gasteiger partial charge is 0.493 e. The minimum absolute atomic E-state index is 0.543. The molecule has 1 aromatic heterocycles. The normalized spacial score (nSPS) is 10.1. The summed E-state index contributed by atoms with van der Waals surface area (Å²) in [5.74, 6) is 1.85. The van der Waals surface area contributed by atoms with Gasteiger partial charge in [0.1, 0.15) is 12.7 Å². The van der Waals surface area contributed by atoms with Crippen LogP contribution in [0.3, 0.4) is 0 Å². The van der Waals surface area contributed by atoms with Crippen LogP contribution in [0.2, 0.25) is 0 Å². The van der Waals surface area contributed by atoms with Crippen LogP contribution >= 0.6 is 0 Å². The summed E-state index contributed by atoms with van der Waals surface area (Å²) in [5.41, 5.74) is 4.06. The predicted octanol–water partition coefficient (Wildman–Crippen LogP) is 1.05. The summed E-state index contributed by atoms with van der Waals surface area (Å²) < 4.78 is 17.6. The van der Waals surface area contributed by atoms with Crippen LogP contribution in [-0.4, -0.2) is 36.2 Å². The summed E-state index contributed by atoms with van der Waals surface area (Å²) in [7, 11) is 4.77. The minimum atomic E-state index is 0.543. The van der Waals surface area contributed by atoms with Gasteiger partial charge in [-0.05, 0) is 12.1 Å². The minimum Gasteiger partial charge on any atom is -0.493 e. The van der Waals surface area contributed by atoms with Crippen molar-refractivity contribution in [2.45, 2.75) is 6.54 Å². The lowest BCUT2D eigenvalue weighted by Crippen LogP contribution is -2.13. The molecule has 0 atom stereocenters. The third-order valence-electron chi connectivity index (χ3n) is 2.66. The van der Waals surface area contributed by atoms with Gasteiger partial charge < -0.3 is 19.6 Å². The Morgan fingerprint density at radius 3 is 2.26 bits per heavy atom. The van der Waals surface area contributed by atoms with Crippen molar-refractivity contribution >= 4 is 0 Å². The molecule has 1 aromatic carbocycles. The molecular formula is C12H16N4O3. The molecule has 0 aliphatic heterocycles. The fraction of sp³-hybridized carbons (Fsp3) is 0.333. The molecule has 1 N–H and O–H groups in total. The van der Waals surface area contributed by atoms with E-state index in [1.807, 2.05) is 12.1 Å². The molecule has 19 heavy (non-hydrogen) atoms. The Kier molecular flexibility index (Phi) is 4.07. The number of benzene rings is 1. The van der Waals surface area contributed by atoms with Gasteiger partial charge in [0.2, 0.25) is 5.75 Å². The Bertz CT molecular complexity index is 528. The van der Waals surface area contributed by atoms with Crippen LogP contribution in [-0.2, 0) is 6.54 Å². The Morgan fingerprint density at radius 1 is 1.00 bits per heavy atom. The van der Waals surface area contributed by atoms with Crippen molar-refractivity contribution in [1.29, 1.82) is 0 Å². The zero-order chi connectivity index (χ0) is 13.7. The second kappa shape index (κ2) is 5.94. The van der Waals surface area contributed by atoms with Gasteiger partial charge in [0.15, 0.2) is 11.5 Å². The molecule has 2 aromatic rings. The lowest BCUT2D eigenvalue weighted by molar-refractivity contribution is 0.322. The number of nitrogens with one attached hydrogen (secondary N) is 1. The van der Waals surface area contributed by atoms with Crippen molar-refractivity contribution in [3.05, 3.63) is 30.4 Å². The first-order valence-electron chi connectivity index (χ1n) is 5.66. The molecule has 0 bridgehead atoms. The molecular weight excluding hydrogens is 248 g/mol. The van der Waals surface area contributed by atoms with Crippen LogP contribution in [0.5, 0.6) is 17.2 Å². The molecule has 7 heteroatoms. The van der Waals surface area contributed by atoms with Gasteiger partial charge in [-0.3, -0.25) is 0 Å². The SMILES string of the molecule is COc1ccc(CNn2cnnc2)c(OC)c1OC. The summed E-state index contributed by atoms with van der Waals surface area (Å²) in [5, 5.41) is 7.43. The molecule has 0 radical (unpaired) electrons. The lowest BCUT2D eigenvalue weighted by atomic mass is 10.1. The van der Waals surface area contributed by atoms with Gasteiger partial charge in [0.25, 0.3) is 0 Å². The number of hydrogen-bond acceptors (Lipinski definition) is 6. The first-order chi connectivity index (χ1) is 9.30. The highest BCUT2D eigenvalue weighted by atomic mass is 16.5. The Hall–Kier alpha value is -2.44. The summed E-state index contributed by atoms with van der Waals surface area (Å²) in [6, 6.07) is 3.75. The standard InChI is InChI=1S/C12H16N4O3/c1-17-10-5-4-9(11(18-2)12(10)19-3)6-15-16-7-13-14-8-16/h4-5,7-8,15H,6H2,1-3H3. The van der Waals surface area contributed by atoms with Crippen LogP contribution in [0.1, 0.15) is 5.56 Å². The molecule has 0 aliphatic carbocycles. The highest BCUT2D eigenvalue weighted by Crippen LogP contribution is 2.39. The second-order valence-electron chi connectivity index (χ2n) is 3.70. The zero-order valence-corrected chi connectivity index (χ0v) is 11.1. The van der Waals surface area contributed by atoms with Crippen molar-refractivity contribution in [2.75, 3.05) is 26.8 Å². The molecule has 7 nitrogen and oxygen atoms in total. The number of aromatic nitrogens is 3. The first-order valence-corrected chi connectivity index (χ1v) is 5.66. The van der Waals surface area contributed by atoms with Crippen molar-refractivity contribution in [2.24, 2.45) is 0 Å². The fourth-order valence-electron chi connectivity index (χ4n) is 1.76. The highest BCUT2D eigenvalue weighted by molar-refractivity contribution is 5.55. The molecule has 1 heterocycles. The molecule has 0 amide bonds. The maximum Gasteiger partial charge on any atom is 0.203 e. The van der Waals surface area contributed by atoms with Gasteiger partial charge in [-0.25, -0.2) is 4.68 Å². The quantitative estimate of drug-likeness (QED) is 0.841. The summed E-state index contributed by atoms with van der Waals surface area (Å²) >= 11 is 0. The van der Waals surface area contributed by atoms with E-state index in [9.17, 15) is 0 Å². The lowest BCUT2D eigenvalue weighted by Gasteiger charge is -2.16. The van der Waals surface area contributed by atoms with Crippen molar-refractivity contribution in [3.8, 4) is 17.2 Å². The second-order valence-corrected chi connectivity index (χ2v) is 3.70. The molecule has 2 rings (SSSR count). The smallest absolute Gasteiger partial charge is 0.203 e. The van der Waals surface area contributed by atoms with E-state index in [0.717, 1.165) is 5.56 Å². The number of methoxy groups -OCH3 is 3. The average molecular weight is 264 g/mol. The van der Waals surface area contributed by atoms with Crippen LogP contribution in [0.25, 0.3) is 0 Å². The maximum atomic E-state index is 5.39. The van der Waals surface area contributed by atoms with E-state index in [2.05, 4.69) is 15.6 Å². The third kappa shape index (κ3) is 2.70. The van der Waals surface area contributed by atoms with Crippen LogP contribution in [0, 0.1) is 0 Å². The first kappa shape index (κ1) is 13.0. The van der Waals surface area contributed by atoms with Crippen molar-refractivity contribution < 1.29 is 14.2 Å². The van der Waals surface area contributed by atoms with E-state index in [0.29, 0.717) is 23.8 Å². The molecule has 0 unspecified atom stereocenters. The Labute approximate surface area is 111 Å². The van der Waals surface area contributed by atoms with Gasteiger partial charge in [-0.1, -0.05) is 0 Å². The Balaban J connectivity index is 2.24. The van der Waals surface area contributed by atoms with Crippen LogP contribution < -0.4 is 19.6 Å². The van der Waals surface area contributed by atoms with Gasteiger partial charge in [0, 0.05) is 5.56 Å². The van der Waals surface area contributed by atoms with E-state index in [1.165, 1.54) is 0 Å². The maximum absolute atomic E-state index is 5.39. The molecule has 0 aliphatic rings. The number of ether oxygens (including phenoxy) is 3. The molecule has 102 valence electrons. The topological polar surface area (TPSA) is 70.4 Å². The van der Waals surface area contributed by atoms with Gasteiger partial charge in [-0.15, -0.1) is 10.2 Å². The van der Waals surface area contributed by atoms with Crippen molar-refractivity contribution in [3.63, 3.8) is 0 Å². The predicted molar refractivity (Wildman–Crippen MR) is 69.2 cm³/mol. The van der Waals surface area contributed by atoms with Crippen molar-refractivity contribution in [1.82, 2.24) is 14.9 Å². The number of rotatable bonds is 6. The summed E-state index contributed by atoms with van der Waals surface area (Å²) in [6.45, 7) is 0.543. The fourth-order valence-corrected chi connectivity index (χ4v) is 1.76. The summed E-state index contributed by atoms with van der Waals surface area (Å²) in [4.78, 5) is 0. The van der Waals surface area contributed by atoms with Gasteiger partial charge in [0.05, 0.1) is 27.9 Å². The third-order valence-corrected chi connectivity index (χ3v) is 2.66. The van der Waals surface area contributed by atoms with Gasteiger partial charge >= 0.3 is 0 Å². The molecule has 0 saturated carbocycles. The van der Waals surface area contributed by atoms with Gasteiger partial charge in [-0.2, -0.15) is 0 Å². The monoisotopic (exact) mass is 264 g/mol. The molecule has 0 spiro atoms.